The maximum Gasteiger partial charge on any atom is 0.228 e. The number of rotatable bonds is 2. The normalized spacial score (nSPS) is 20.0. The molecule has 1 aromatic rings. The Balaban J connectivity index is 2.02. The number of benzene rings is 1. The fraction of sp³-hybridized carbons (Fsp3) is 0.417. The minimum absolute atomic E-state index is 0.0547. The monoisotopic (exact) mass is 364 g/mol. The third kappa shape index (κ3) is 3.56. The number of halogens is 2. The zero-order valence-electron chi connectivity index (χ0n) is 9.30. The van der Waals surface area contributed by atoms with Gasteiger partial charge in [-0.25, -0.2) is 0 Å². The second-order valence-corrected chi connectivity index (χ2v) is 5.81. The largest absolute Gasteiger partial charge is 0.324 e. The SMILES string of the molecule is O=C(Nc1ccc(I)cc1Cl)[C@@H]1CCCNC1. The molecule has 1 saturated heterocycles. The van der Waals surface area contributed by atoms with E-state index in [1.165, 1.54) is 0 Å². The number of hydrogen-bond donors (Lipinski definition) is 2. The van der Waals surface area contributed by atoms with Crippen molar-refractivity contribution < 1.29 is 4.79 Å². The molecule has 0 radical (unpaired) electrons. The smallest absolute Gasteiger partial charge is 0.228 e. The minimum Gasteiger partial charge on any atom is -0.324 e. The summed E-state index contributed by atoms with van der Waals surface area (Å²) in [6.45, 7) is 1.77. The van der Waals surface area contributed by atoms with Gasteiger partial charge in [0.2, 0.25) is 5.91 Å². The van der Waals surface area contributed by atoms with Crippen LogP contribution in [-0.2, 0) is 4.79 Å². The summed E-state index contributed by atoms with van der Waals surface area (Å²) in [6, 6.07) is 5.62. The van der Waals surface area contributed by atoms with E-state index >= 15 is 0 Å². The molecule has 3 nitrogen and oxygen atoms in total. The lowest BCUT2D eigenvalue weighted by molar-refractivity contribution is -0.120. The van der Waals surface area contributed by atoms with Gasteiger partial charge in [0.15, 0.2) is 0 Å². The van der Waals surface area contributed by atoms with Crippen LogP contribution in [0.5, 0.6) is 0 Å². The average molecular weight is 365 g/mol. The molecule has 92 valence electrons. The fourth-order valence-electron chi connectivity index (χ4n) is 1.90. The summed E-state index contributed by atoms with van der Waals surface area (Å²) >= 11 is 8.27. The first-order chi connectivity index (χ1) is 8.16. The van der Waals surface area contributed by atoms with Crippen LogP contribution in [0, 0.1) is 9.49 Å². The van der Waals surface area contributed by atoms with E-state index in [1.807, 2.05) is 18.2 Å². The Morgan fingerprint density at radius 3 is 3.00 bits per heavy atom. The first-order valence-corrected chi connectivity index (χ1v) is 7.09. The maximum absolute atomic E-state index is 12.0. The highest BCUT2D eigenvalue weighted by atomic mass is 127. The number of hydrogen-bond acceptors (Lipinski definition) is 2. The van der Waals surface area contributed by atoms with Crippen LogP contribution in [0.3, 0.4) is 0 Å². The van der Waals surface area contributed by atoms with Gasteiger partial charge in [-0.1, -0.05) is 11.6 Å². The quantitative estimate of drug-likeness (QED) is 0.792. The van der Waals surface area contributed by atoms with Gasteiger partial charge in [0, 0.05) is 10.1 Å². The first-order valence-electron chi connectivity index (χ1n) is 5.63. The molecule has 2 rings (SSSR count). The molecule has 0 aliphatic carbocycles. The molecular formula is C12H14ClIN2O. The van der Waals surface area contributed by atoms with Gasteiger partial charge in [-0.2, -0.15) is 0 Å². The van der Waals surface area contributed by atoms with Crippen molar-refractivity contribution in [1.82, 2.24) is 5.32 Å². The Bertz CT molecular complexity index is 419. The second kappa shape index (κ2) is 6.02. The van der Waals surface area contributed by atoms with E-state index in [2.05, 4.69) is 33.2 Å². The summed E-state index contributed by atoms with van der Waals surface area (Å²) in [5.74, 6) is 0.111. The molecule has 1 amide bonds. The van der Waals surface area contributed by atoms with Gasteiger partial charge in [-0.15, -0.1) is 0 Å². The zero-order valence-corrected chi connectivity index (χ0v) is 12.2. The highest BCUT2D eigenvalue weighted by Crippen LogP contribution is 2.24. The topological polar surface area (TPSA) is 41.1 Å². The Morgan fingerprint density at radius 2 is 2.35 bits per heavy atom. The van der Waals surface area contributed by atoms with Crippen molar-refractivity contribution in [3.05, 3.63) is 26.8 Å². The van der Waals surface area contributed by atoms with Crippen LogP contribution in [0.15, 0.2) is 18.2 Å². The number of nitrogens with one attached hydrogen (secondary N) is 2. The number of anilines is 1. The number of carbonyl (C=O) groups excluding carboxylic acids is 1. The summed E-state index contributed by atoms with van der Waals surface area (Å²) in [6.07, 6.45) is 2.00. The first kappa shape index (κ1) is 13.1. The van der Waals surface area contributed by atoms with Crippen LogP contribution in [0.25, 0.3) is 0 Å². The van der Waals surface area contributed by atoms with Crippen molar-refractivity contribution in [2.24, 2.45) is 5.92 Å². The van der Waals surface area contributed by atoms with E-state index in [1.54, 1.807) is 0 Å². The van der Waals surface area contributed by atoms with Crippen molar-refractivity contribution in [3.63, 3.8) is 0 Å². The molecule has 5 heteroatoms. The third-order valence-electron chi connectivity index (χ3n) is 2.86. The van der Waals surface area contributed by atoms with Gasteiger partial charge in [-0.05, 0) is 60.2 Å². The molecule has 1 aliphatic rings. The van der Waals surface area contributed by atoms with E-state index in [0.29, 0.717) is 10.7 Å². The predicted octanol–water partition coefficient (Wildman–Crippen LogP) is 2.88. The van der Waals surface area contributed by atoms with Crippen molar-refractivity contribution in [1.29, 1.82) is 0 Å². The molecule has 0 saturated carbocycles. The maximum atomic E-state index is 12.0. The molecule has 1 fully saturated rings. The van der Waals surface area contributed by atoms with Gasteiger partial charge in [0.25, 0.3) is 0 Å². The molecule has 1 heterocycles. The predicted molar refractivity (Wildman–Crippen MR) is 78.4 cm³/mol. The van der Waals surface area contributed by atoms with Gasteiger partial charge in [-0.3, -0.25) is 4.79 Å². The van der Waals surface area contributed by atoms with Gasteiger partial charge >= 0.3 is 0 Å². The molecule has 2 N–H and O–H groups in total. The summed E-state index contributed by atoms with van der Waals surface area (Å²) in [5.41, 5.74) is 0.697. The van der Waals surface area contributed by atoms with Crippen LogP contribution < -0.4 is 10.6 Å². The highest BCUT2D eigenvalue weighted by Gasteiger charge is 2.21. The molecule has 1 aromatic carbocycles. The summed E-state index contributed by atoms with van der Waals surface area (Å²) in [5, 5.41) is 6.71. The van der Waals surface area contributed by atoms with Gasteiger partial charge in [0.05, 0.1) is 16.6 Å². The van der Waals surface area contributed by atoms with E-state index < -0.39 is 0 Å². The second-order valence-electron chi connectivity index (χ2n) is 4.16. The molecular weight excluding hydrogens is 351 g/mol. The fourth-order valence-corrected chi connectivity index (χ4v) is 2.80. The van der Waals surface area contributed by atoms with Crippen LogP contribution in [0.1, 0.15) is 12.8 Å². The van der Waals surface area contributed by atoms with Crippen LogP contribution in [-0.4, -0.2) is 19.0 Å². The van der Waals surface area contributed by atoms with Crippen LogP contribution in [0.2, 0.25) is 5.02 Å². The van der Waals surface area contributed by atoms with Crippen molar-refractivity contribution in [2.75, 3.05) is 18.4 Å². The van der Waals surface area contributed by atoms with Crippen LogP contribution >= 0.6 is 34.2 Å². The Labute approximate surface area is 119 Å². The van der Waals surface area contributed by atoms with Crippen LogP contribution in [0.4, 0.5) is 5.69 Å². The van der Waals surface area contributed by atoms with Gasteiger partial charge < -0.3 is 10.6 Å². The Kier molecular flexibility index (Phi) is 4.64. The van der Waals surface area contributed by atoms with E-state index in [-0.39, 0.29) is 11.8 Å². The molecule has 1 atom stereocenters. The van der Waals surface area contributed by atoms with Gasteiger partial charge in [0.1, 0.15) is 0 Å². The molecule has 17 heavy (non-hydrogen) atoms. The molecule has 0 bridgehead atoms. The average Bonchev–Trinajstić information content (AvgIpc) is 2.34. The Hall–Kier alpha value is -0.330. The number of piperidine rings is 1. The Morgan fingerprint density at radius 1 is 1.53 bits per heavy atom. The van der Waals surface area contributed by atoms with E-state index in [4.69, 9.17) is 11.6 Å². The molecule has 1 aliphatic heterocycles. The van der Waals surface area contributed by atoms with Crippen molar-refractivity contribution in [2.45, 2.75) is 12.8 Å². The molecule has 0 aromatic heterocycles. The lowest BCUT2D eigenvalue weighted by Crippen LogP contribution is -2.37. The van der Waals surface area contributed by atoms with Crippen molar-refractivity contribution >= 4 is 45.8 Å². The summed E-state index contributed by atoms with van der Waals surface area (Å²) in [7, 11) is 0. The van der Waals surface area contributed by atoms with E-state index in [0.717, 1.165) is 29.5 Å². The highest BCUT2D eigenvalue weighted by molar-refractivity contribution is 14.1. The minimum atomic E-state index is 0.0547. The van der Waals surface area contributed by atoms with E-state index in [9.17, 15) is 4.79 Å². The lowest BCUT2D eigenvalue weighted by atomic mass is 9.99. The number of amides is 1. The molecule has 0 spiro atoms. The zero-order chi connectivity index (χ0) is 12.3. The lowest BCUT2D eigenvalue weighted by Gasteiger charge is -2.22. The number of carbonyl (C=O) groups is 1. The summed E-state index contributed by atoms with van der Waals surface area (Å²) < 4.78 is 1.06. The summed E-state index contributed by atoms with van der Waals surface area (Å²) in [4.78, 5) is 12.0. The standard InChI is InChI=1S/C12H14ClIN2O/c13-10-6-9(14)3-4-11(10)16-12(17)8-2-1-5-15-7-8/h3-4,6,8,15H,1-2,5,7H2,(H,16,17)/t8-/m1/s1. The van der Waals surface area contributed by atoms with Crippen molar-refractivity contribution in [3.8, 4) is 0 Å². The third-order valence-corrected chi connectivity index (χ3v) is 3.84. The molecule has 0 unspecified atom stereocenters.